The topological polar surface area (TPSA) is 67.4 Å². The molecule has 132 valence electrons. The Kier molecular flexibility index (Phi) is 7.21. The molecule has 0 aliphatic carbocycles. The molecule has 0 aliphatic rings. The molecule has 2 aromatic rings. The molecule has 0 fully saturated rings. The third kappa shape index (κ3) is 6.36. The van der Waals surface area contributed by atoms with Crippen LogP contribution in [0.2, 0.25) is 0 Å². The van der Waals surface area contributed by atoms with Crippen LogP contribution in [0.25, 0.3) is 6.08 Å². The van der Waals surface area contributed by atoms with Crippen molar-refractivity contribution in [2.75, 3.05) is 7.11 Å². The van der Waals surface area contributed by atoms with Crippen LogP contribution in [-0.2, 0) is 16.1 Å². The van der Waals surface area contributed by atoms with Gasteiger partial charge in [-0.2, -0.15) is 0 Å². The highest BCUT2D eigenvalue weighted by molar-refractivity contribution is 9.11. The quantitative estimate of drug-likeness (QED) is 0.672. The Labute approximate surface area is 159 Å². The Morgan fingerprint density at radius 1 is 1.24 bits per heavy atom. The lowest BCUT2D eigenvalue weighted by Crippen LogP contribution is -2.43. The molecule has 2 rings (SSSR count). The van der Waals surface area contributed by atoms with E-state index in [1.54, 1.807) is 31.4 Å². The van der Waals surface area contributed by atoms with E-state index in [9.17, 15) is 9.59 Å². The van der Waals surface area contributed by atoms with Gasteiger partial charge < -0.3 is 15.4 Å². The molecule has 1 aromatic heterocycles. The lowest BCUT2D eigenvalue weighted by Gasteiger charge is -2.12. The van der Waals surface area contributed by atoms with Gasteiger partial charge in [0.25, 0.3) is 0 Å². The minimum absolute atomic E-state index is 0.226. The maximum atomic E-state index is 12.0. The number of carbonyl (C=O) groups is 2. The minimum Gasteiger partial charge on any atom is -0.497 e. The second kappa shape index (κ2) is 9.39. The summed E-state index contributed by atoms with van der Waals surface area (Å²) in [4.78, 5) is 25.0. The Balaban J connectivity index is 1.79. The van der Waals surface area contributed by atoms with Gasteiger partial charge in [-0.15, -0.1) is 11.3 Å². The first-order valence-corrected chi connectivity index (χ1v) is 9.23. The highest BCUT2D eigenvalue weighted by Crippen LogP contribution is 2.21. The molecule has 1 unspecified atom stereocenters. The lowest BCUT2D eigenvalue weighted by molar-refractivity contribution is -0.126. The Morgan fingerprint density at radius 3 is 2.56 bits per heavy atom. The molecule has 1 heterocycles. The summed E-state index contributed by atoms with van der Waals surface area (Å²) in [6.45, 7) is 2.09. The fourth-order valence-corrected chi connectivity index (χ4v) is 3.41. The zero-order valence-electron chi connectivity index (χ0n) is 13.9. The van der Waals surface area contributed by atoms with Crippen LogP contribution in [0.4, 0.5) is 0 Å². The summed E-state index contributed by atoms with van der Waals surface area (Å²) < 4.78 is 6.10. The first kappa shape index (κ1) is 19.2. The minimum atomic E-state index is -0.614. The average molecular weight is 423 g/mol. The van der Waals surface area contributed by atoms with E-state index in [-0.39, 0.29) is 11.8 Å². The predicted molar refractivity (Wildman–Crippen MR) is 103 cm³/mol. The molecule has 0 spiro atoms. The molecule has 0 radical (unpaired) electrons. The molecule has 7 heteroatoms. The van der Waals surface area contributed by atoms with E-state index in [1.807, 2.05) is 36.4 Å². The smallest absolute Gasteiger partial charge is 0.244 e. The Morgan fingerprint density at radius 2 is 1.96 bits per heavy atom. The van der Waals surface area contributed by atoms with Crippen molar-refractivity contribution in [1.29, 1.82) is 0 Å². The van der Waals surface area contributed by atoms with Gasteiger partial charge in [0.05, 0.1) is 17.4 Å². The van der Waals surface area contributed by atoms with Crippen LogP contribution < -0.4 is 15.4 Å². The van der Waals surface area contributed by atoms with Crippen LogP contribution in [-0.4, -0.2) is 25.0 Å². The van der Waals surface area contributed by atoms with Gasteiger partial charge in [-0.3, -0.25) is 9.59 Å². The third-order valence-corrected chi connectivity index (χ3v) is 4.98. The number of carbonyl (C=O) groups excluding carboxylic acids is 2. The summed E-state index contributed by atoms with van der Waals surface area (Å²) in [5, 5.41) is 5.45. The second-order valence-corrected chi connectivity index (χ2v) is 7.81. The molecule has 0 bridgehead atoms. The van der Waals surface area contributed by atoms with Crippen LogP contribution in [0, 0.1) is 0 Å². The zero-order valence-corrected chi connectivity index (χ0v) is 16.3. The van der Waals surface area contributed by atoms with E-state index >= 15 is 0 Å². The Bertz CT molecular complexity index is 756. The largest absolute Gasteiger partial charge is 0.497 e. The molecule has 0 saturated carbocycles. The van der Waals surface area contributed by atoms with E-state index in [0.29, 0.717) is 6.54 Å². The predicted octanol–water partition coefficient (Wildman–Crippen LogP) is 3.35. The van der Waals surface area contributed by atoms with E-state index < -0.39 is 6.04 Å². The standard InChI is InChI=1S/C18H19BrN2O3S/c1-12(18(23)20-11-15-8-9-16(19)25-15)21-17(22)10-5-13-3-6-14(24-2)7-4-13/h3-10,12H,11H2,1-2H3,(H,20,23)(H,21,22)/b10-5+. The summed E-state index contributed by atoms with van der Waals surface area (Å²) >= 11 is 4.94. The summed E-state index contributed by atoms with van der Waals surface area (Å²) in [6.07, 6.45) is 3.09. The van der Waals surface area contributed by atoms with Gasteiger partial charge in [-0.25, -0.2) is 0 Å². The number of nitrogens with one attached hydrogen (secondary N) is 2. The van der Waals surface area contributed by atoms with E-state index in [2.05, 4.69) is 26.6 Å². The molecule has 25 heavy (non-hydrogen) atoms. The number of ether oxygens (including phenoxy) is 1. The van der Waals surface area contributed by atoms with Crippen molar-refractivity contribution >= 4 is 45.2 Å². The third-order valence-electron chi connectivity index (χ3n) is 3.36. The van der Waals surface area contributed by atoms with Gasteiger partial charge in [-0.05, 0) is 58.8 Å². The van der Waals surface area contributed by atoms with Crippen LogP contribution in [0.5, 0.6) is 5.75 Å². The lowest BCUT2D eigenvalue weighted by atomic mass is 10.2. The molecule has 0 aliphatic heterocycles. The van der Waals surface area contributed by atoms with Crippen molar-refractivity contribution < 1.29 is 14.3 Å². The molecule has 2 N–H and O–H groups in total. The molecule has 0 saturated heterocycles. The highest BCUT2D eigenvalue weighted by Gasteiger charge is 2.14. The molecule has 5 nitrogen and oxygen atoms in total. The summed E-state index contributed by atoms with van der Waals surface area (Å²) in [5.41, 5.74) is 0.872. The fourth-order valence-electron chi connectivity index (χ4n) is 1.99. The van der Waals surface area contributed by atoms with Crippen LogP contribution in [0.3, 0.4) is 0 Å². The van der Waals surface area contributed by atoms with Gasteiger partial charge in [0.2, 0.25) is 11.8 Å². The van der Waals surface area contributed by atoms with Gasteiger partial charge in [-0.1, -0.05) is 12.1 Å². The van der Waals surface area contributed by atoms with Gasteiger partial charge >= 0.3 is 0 Å². The van der Waals surface area contributed by atoms with Gasteiger partial charge in [0.1, 0.15) is 11.8 Å². The van der Waals surface area contributed by atoms with Crippen LogP contribution >= 0.6 is 27.3 Å². The highest BCUT2D eigenvalue weighted by atomic mass is 79.9. The fraction of sp³-hybridized carbons (Fsp3) is 0.222. The first-order valence-electron chi connectivity index (χ1n) is 7.62. The van der Waals surface area contributed by atoms with Crippen molar-refractivity contribution in [2.45, 2.75) is 19.5 Å². The van der Waals surface area contributed by atoms with Gasteiger partial charge in [0, 0.05) is 11.0 Å². The summed E-state index contributed by atoms with van der Waals surface area (Å²) in [6, 6.07) is 10.6. The number of amides is 2. The second-order valence-electron chi connectivity index (χ2n) is 5.26. The monoisotopic (exact) mass is 422 g/mol. The van der Waals surface area contributed by atoms with Crippen molar-refractivity contribution in [3.63, 3.8) is 0 Å². The van der Waals surface area contributed by atoms with Crippen molar-refractivity contribution in [3.8, 4) is 5.75 Å². The number of halogens is 1. The SMILES string of the molecule is COc1ccc(/C=C/C(=O)NC(C)C(=O)NCc2ccc(Br)s2)cc1. The summed E-state index contributed by atoms with van der Waals surface area (Å²) in [7, 11) is 1.60. The Hall–Kier alpha value is -2.12. The van der Waals surface area contributed by atoms with Crippen molar-refractivity contribution in [2.24, 2.45) is 0 Å². The number of rotatable bonds is 7. The normalized spacial score (nSPS) is 12.0. The number of benzene rings is 1. The average Bonchev–Trinajstić information content (AvgIpc) is 3.03. The van der Waals surface area contributed by atoms with E-state index in [0.717, 1.165) is 20.0 Å². The molecular formula is C18H19BrN2O3S. The summed E-state index contributed by atoms with van der Waals surface area (Å²) in [5.74, 6) is 0.206. The number of hydrogen-bond donors (Lipinski definition) is 2. The molecule has 1 atom stereocenters. The maximum absolute atomic E-state index is 12.0. The van der Waals surface area contributed by atoms with Crippen LogP contribution in [0.15, 0.2) is 46.3 Å². The van der Waals surface area contributed by atoms with E-state index in [1.165, 1.54) is 6.08 Å². The molecular weight excluding hydrogens is 404 g/mol. The molecule has 2 amide bonds. The molecule has 1 aromatic carbocycles. The van der Waals surface area contributed by atoms with Crippen LogP contribution in [0.1, 0.15) is 17.4 Å². The number of methoxy groups -OCH3 is 1. The zero-order chi connectivity index (χ0) is 18.2. The number of thiophene rings is 1. The van der Waals surface area contributed by atoms with Gasteiger partial charge in [0.15, 0.2) is 0 Å². The van der Waals surface area contributed by atoms with Crippen molar-refractivity contribution in [1.82, 2.24) is 10.6 Å². The van der Waals surface area contributed by atoms with E-state index in [4.69, 9.17) is 4.74 Å². The number of hydrogen-bond acceptors (Lipinski definition) is 4. The first-order chi connectivity index (χ1) is 12.0. The maximum Gasteiger partial charge on any atom is 0.244 e. The van der Waals surface area contributed by atoms with Crippen molar-refractivity contribution in [3.05, 3.63) is 56.7 Å².